The monoisotopic (exact) mass is 2000 g/mol. The van der Waals surface area contributed by atoms with Gasteiger partial charge < -0.3 is 19.7 Å². The number of aliphatic hydroxyl groups excluding tert-OH is 2. The molecule has 138 heavy (non-hydrogen) atoms. The zero-order valence-corrected chi connectivity index (χ0v) is 105. The van der Waals surface area contributed by atoms with Gasteiger partial charge in [-0.05, 0) is 228 Å². The van der Waals surface area contributed by atoms with Crippen LogP contribution in [0.1, 0.15) is 544 Å². The predicted molar refractivity (Wildman–Crippen MR) is 604 cm³/mol. The Morgan fingerprint density at radius 3 is 0.601 bits per heavy atom. The van der Waals surface area contributed by atoms with Crippen molar-refractivity contribution in [3.63, 3.8) is 0 Å². The van der Waals surface area contributed by atoms with E-state index in [-0.39, 0.29) is 57.7 Å². The van der Waals surface area contributed by atoms with Gasteiger partial charge in [-0.25, -0.2) is 17.6 Å². The molecule has 4 nitrogen and oxygen atoms in total. The zero-order valence-electron chi connectivity index (χ0n) is 105. The van der Waals surface area contributed by atoms with Crippen molar-refractivity contribution < 1.29 is 59.2 Å². The largest absolute Gasteiger partial charge is 0.396 e. The summed E-state index contributed by atoms with van der Waals surface area (Å²) in [5.74, 6) is 11.9. The minimum Gasteiger partial charge on any atom is -0.396 e. The summed E-state index contributed by atoms with van der Waals surface area (Å²) in [6, 6.07) is 0. The van der Waals surface area contributed by atoms with E-state index >= 15 is 0 Å². The molecule has 2 N–H and O–H groups in total. The Bertz CT molecular complexity index is 2450. The Hall–Kier alpha value is -0.790. The number of halogens is 9. The van der Waals surface area contributed by atoms with Crippen molar-refractivity contribution >= 4 is 0 Å². The maximum atomic E-state index is 11.9. The third-order valence-electron chi connectivity index (χ3n) is 32.4. The highest BCUT2D eigenvalue weighted by molar-refractivity contribution is 4.97. The lowest BCUT2D eigenvalue weighted by molar-refractivity contribution is -0.194. The molecule has 5 aliphatic carbocycles. The van der Waals surface area contributed by atoms with Crippen molar-refractivity contribution in [2.45, 2.75) is 563 Å². The number of alkyl halides is 9. The molecular weight excluding hydrogens is 1740 g/mol. The smallest absolute Gasteiger partial charge is 0.392 e. The lowest BCUT2D eigenvalue weighted by atomic mass is 9.78. The van der Waals surface area contributed by atoms with Crippen LogP contribution in [0.4, 0.5) is 39.5 Å². The number of ether oxygens (including phenoxy) is 2. The van der Waals surface area contributed by atoms with E-state index in [0.717, 1.165) is 109 Å². The SMILES string of the molecule is CC(C(C)(C)C)C(F)(F)F.CC(C)(C)C1(C)CC1.CC(C)(C)C1CC1.CC(C)C(C)(C)C.CC(C)C(C)(C)C.CC(C)C1CCC1.CC(C)C1CCCC1.CC(C)C1CCCCC1.CC(C)C1CCOC1.CC(C)C1CCOCC1.CC(C)CC(C)(C)C.C[C@@H](C(F)F)C(C)(C)C.C[C@@H](CF)C(C)(C)C.C[C@@H](CO)C(C)(C)C.C[C@H](C(F)F)C(C)(C)C.C[C@H](CF)C(C)(C)C.C[C@H](CO)C(C)(C)C. The minimum atomic E-state index is -4.06. The van der Waals surface area contributed by atoms with Crippen molar-refractivity contribution in [1.29, 1.82) is 0 Å². The van der Waals surface area contributed by atoms with Gasteiger partial charge in [0, 0.05) is 51.5 Å². The van der Waals surface area contributed by atoms with E-state index in [4.69, 9.17) is 19.7 Å². The lowest BCUT2D eigenvalue weighted by Crippen LogP contribution is -2.31. The molecule has 13 heteroatoms. The molecule has 2 unspecified atom stereocenters. The van der Waals surface area contributed by atoms with Crippen molar-refractivity contribution in [2.24, 2.45) is 195 Å². The quantitative estimate of drug-likeness (QED) is 0.191. The van der Waals surface area contributed by atoms with Crippen LogP contribution in [0.25, 0.3) is 0 Å². The number of aliphatic hydroxyl groups is 2. The molecule has 0 amide bonds. The number of hydrogen-bond acceptors (Lipinski definition) is 4. The van der Waals surface area contributed by atoms with Gasteiger partial charge in [0.05, 0.1) is 19.3 Å². The summed E-state index contributed by atoms with van der Waals surface area (Å²) in [6.07, 6.45) is 20.5. The molecule has 0 aromatic rings. The second-order valence-electron chi connectivity index (χ2n) is 59.4. The van der Waals surface area contributed by atoms with E-state index in [1.54, 1.807) is 34.6 Å². The lowest BCUT2D eigenvalue weighted by Gasteiger charge is -2.28. The third kappa shape index (κ3) is 96.1. The summed E-state index contributed by atoms with van der Waals surface area (Å²) >= 11 is 0. The zero-order chi connectivity index (χ0) is 112. The summed E-state index contributed by atoms with van der Waals surface area (Å²) in [5.41, 5.74) is 2.93. The van der Waals surface area contributed by atoms with E-state index in [2.05, 4.69) is 318 Å². The highest BCUT2D eigenvalue weighted by Gasteiger charge is 2.47. The molecule has 0 bridgehead atoms. The third-order valence-corrected chi connectivity index (χ3v) is 32.4. The molecule has 2 heterocycles. The molecule has 7 fully saturated rings. The summed E-state index contributed by atoms with van der Waals surface area (Å²) in [4.78, 5) is 0. The average molecular weight is 2000 g/mol. The Morgan fingerprint density at radius 2 is 0.536 bits per heavy atom. The van der Waals surface area contributed by atoms with Crippen LogP contribution in [0.5, 0.6) is 0 Å². The fraction of sp³-hybridized carbons (Fsp3) is 1.00. The van der Waals surface area contributed by atoms with Crippen molar-refractivity contribution in [3.8, 4) is 0 Å². The van der Waals surface area contributed by atoms with Gasteiger partial charge in [-0.3, -0.25) is 8.78 Å². The number of hydrogen-bond donors (Lipinski definition) is 2. The molecule has 5 saturated carbocycles. The van der Waals surface area contributed by atoms with E-state index in [9.17, 15) is 39.5 Å². The highest BCUT2D eigenvalue weighted by atomic mass is 19.4. The van der Waals surface area contributed by atoms with Crippen LogP contribution < -0.4 is 0 Å². The first kappa shape index (κ1) is 157. The van der Waals surface area contributed by atoms with Crippen LogP contribution in [0.3, 0.4) is 0 Å². The second-order valence-corrected chi connectivity index (χ2v) is 59.4. The van der Waals surface area contributed by atoms with Crippen LogP contribution in [0.15, 0.2) is 0 Å². The minimum absolute atomic E-state index is 0.134. The summed E-state index contributed by atoms with van der Waals surface area (Å²) in [7, 11) is 0. The van der Waals surface area contributed by atoms with Crippen LogP contribution in [-0.2, 0) is 9.47 Å². The fourth-order valence-corrected chi connectivity index (χ4v) is 12.4. The van der Waals surface area contributed by atoms with Gasteiger partial charge >= 0.3 is 6.18 Å². The highest BCUT2D eigenvalue weighted by Crippen LogP contribution is 2.58. The van der Waals surface area contributed by atoms with Crippen LogP contribution in [-0.4, -0.2) is 82.2 Å². The van der Waals surface area contributed by atoms with Gasteiger partial charge in [0.2, 0.25) is 12.9 Å². The topological polar surface area (TPSA) is 58.9 Å². The summed E-state index contributed by atoms with van der Waals surface area (Å²) in [6.45, 7) is 131. The van der Waals surface area contributed by atoms with Crippen molar-refractivity contribution in [3.05, 3.63) is 0 Å². The molecule has 8 atom stereocenters. The standard InChI is InChI=1S/C9H18.C8H16O.2C8H16.C8H18.C7H13F3.2C7H14F2.2C7H15F.C7H14O.2C7H16O.2C7H14.2C7H16/c1-8(2)9-6-4-3-5-7-9;1-7(2)8-3-5-9-6-4-8;1-7(2,3)8(4)5-6-8;1-7(2)8-5-3-4-6-8;1-7(2)6-8(3,4)5;1-5(6(2,3)4)7(8,9)10;2*1-5(6(8)9)7(2,3)4;2*1-6(5-8)7(2,3)4;1-6(2)7-3-4-8-5-7;2*1-6(5-8)7(2,3)4;1-7(2,3)6-4-5-6;1-6(2)7-4-3-5-7;2*1-6(2)7(3,4)5/h8-9H,3-7H2,1-2H3;7-8H,3-6H2,1-2H3;5-6H2,1-4H3;7-8H,3-6H2,1-2H3;7H,6H2,1-5H3;5H,1-4H3;2*5-6H,1-4H3;2*6H,5H2,1-4H3;6-7H,3-5H2,1-2H3;2*6,8H,5H2,1-4H3;6H,4-5H2,1-3H3;6-7H,3-5H2,1-2H3;2*6H,1-5H3/t;;;;;;2*5-;2*6-;;2*6-;;;;/m......1010.10..../s1. The first-order chi connectivity index (χ1) is 61.2. The average Bonchev–Trinajstić information content (AvgIpc) is 1.63. The predicted octanol–water partition coefficient (Wildman–Crippen LogP) is 43.7. The molecule has 0 spiro atoms. The van der Waals surface area contributed by atoms with Gasteiger partial charge in [0.25, 0.3) is 0 Å². The van der Waals surface area contributed by atoms with E-state index in [0.29, 0.717) is 57.5 Å². The normalized spacial score (nSPS) is 19.0. The maximum Gasteiger partial charge on any atom is 0.392 e. The van der Waals surface area contributed by atoms with E-state index < -0.39 is 42.2 Å². The van der Waals surface area contributed by atoms with Gasteiger partial charge in [0.15, 0.2) is 0 Å². The van der Waals surface area contributed by atoms with Crippen molar-refractivity contribution in [1.82, 2.24) is 0 Å². The fourth-order valence-electron chi connectivity index (χ4n) is 12.4. The molecular formula is C125H261F9O4. The Kier molecular flexibility index (Phi) is 85.5. The van der Waals surface area contributed by atoms with Gasteiger partial charge in [-0.15, -0.1) is 0 Å². The molecule has 0 aromatic heterocycles. The van der Waals surface area contributed by atoms with Gasteiger partial charge in [0.1, 0.15) is 0 Å². The Labute approximate surface area is 864 Å². The molecule has 7 rings (SSSR count). The molecule has 2 saturated heterocycles. The first-order valence-corrected chi connectivity index (χ1v) is 56.3. The van der Waals surface area contributed by atoms with E-state index in [1.165, 1.54) is 135 Å². The van der Waals surface area contributed by atoms with Crippen molar-refractivity contribution in [2.75, 3.05) is 53.0 Å². The molecule has 848 valence electrons. The first-order valence-electron chi connectivity index (χ1n) is 56.3. The summed E-state index contributed by atoms with van der Waals surface area (Å²) < 4.78 is 118. The van der Waals surface area contributed by atoms with Gasteiger partial charge in [-0.1, -0.05) is 492 Å². The maximum absolute atomic E-state index is 11.9. The molecule has 7 aliphatic rings. The Balaban J connectivity index is -0.000000158. The van der Waals surface area contributed by atoms with Crippen LogP contribution in [0.2, 0.25) is 0 Å². The summed E-state index contributed by atoms with van der Waals surface area (Å²) in [5, 5.41) is 17.3. The van der Waals surface area contributed by atoms with Crippen LogP contribution >= 0.6 is 0 Å². The van der Waals surface area contributed by atoms with E-state index in [1.807, 2.05) is 55.4 Å². The van der Waals surface area contributed by atoms with Gasteiger partial charge in [-0.2, -0.15) is 13.2 Å². The molecule has 2 aliphatic heterocycles. The molecule has 0 radical (unpaired) electrons. The number of rotatable bonds is 12. The molecule has 0 aromatic carbocycles. The second kappa shape index (κ2) is 75.0. The van der Waals surface area contributed by atoms with Crippen LogP contribution in [0, 0.1) is 195 Å². The Morgan fingerprint density at radius 1 is 0.297 bits per heavy atom.